The van der Waals surface area contributed by atoms with E-state index in [0.29, 0.717) is 5.69 Å². The third kappa shape index (κ3) is 1.60. The Hall–Kier alpha value is -0.990. The van der Waals surface area contributed by atoms with Gasteiger partial charge in [-0.3, -0.25) is 4.98 Å². The summed E-state index contributed by atoms with van der Waals surface area (Å²) in [5.41, 5.74) is 2.10. The fraction of sp³-hybridized carbons (Fsp3) is 0.444. The molecule has 1 nitrogen and oxygen atoms in total. The van der Waals surface area contributed by atoms with Crippen molar-refractivity contribution in [2.24, 2.45) is 0 Å². The average Bonchev–Trinajstić information content (AvgIpc) is 1.96. The van der Waals surface area contributed by atoms with E-state index in [1.54, 1.807) is 13.8 Å². The maximum Gasteiger partial charge on any atom is 0.265 e. The highest BCUT2D eigenvalue weighted by Crippen LogP contribution is 2.22. The van der Waals surface area contributed by atoms with Gasteiger partial charge in [0.1, 0.15) is 0 Å². The summed E-state index contributed by atoms with van der Waals surface area (Å²) in [5, 5.41) is 0. The highest BCUT2D eigenvalue weighted by atomic mass is 19.3. The standard InChI is InChI=1S/C9H11F2N/c1-5-4-8(9(10)11)7(3)12-6(5)2/h4,9H,1-3H3. The maximum absolute atomic E-state index is 12.3. The van der Waals surface area contributed by atoms with Crippen molar-refractivity contribution in [2.75, 3.05) is 0 Å². The molecule has 0 aliphatic carbocycles. The van der Waals surface area contributed by atoms with Crippen molar-refractivity contribution in [1.82, 2.24) is 4.98 Å². The minimum absolute atomic E-state index is 0.0399. The van der Waals surface area contributed by atoms with E-state index in [1.807, 2.05) is 6.92 Å². The second-order valence-corrected chi connectivity index (χ2v) is 2.87. The normalized spacial score (nSPS) is 10.8. The zero-order valence-corrected chi connectivity index (χ0v) is 7.36. The molecule has 0 saturated carbocycles. The molecule has 3 heteroatoms. The van der Waals surface area contributed by atoms with E-state index in [9.17, 15) is 8.78 Å². The van der Waals surface area contributed by atoms with Gasteiger partial charge in [-0.2, -0.15) is 0 Å². The highest BCUT2D eigenvalue weighted by Gasteiger charge is 2.12. The van der Waals surface area contributed by atoms with Gasteiger partial charge in [0.05, 0.1) is 0 Å². The first-order chi connectivity index (χ1) is 5.52. The molecule has 0 radical (unpaired) electrons. The predicted octanol–water partition coefficient (Wildman–Crippen LogP) is 2.94. The van der Waals surface area contributed by atoms with E-state index in [1.165, 1.54) is 6.07 Å². The molecule has 1 aromatic heterocycles. The molecule has 0 N–H and O–H groups in total. The molecule has 0 saturated heterocycles. The monoisotopic (exact) mass is 171 g/mol. The van der Waals surface area contributed by atoms with Crippen LogP contribution in [0.25, 0.3) is 0 Å². The van der Waals surface area contributed by atoms with Gasteiger partial charge in [0.2, 0.25) is 0 Å². The number of aryl methyl sites for hydroxylation is 3. The van der Waals surface area contributed by atoms with E-state index in [0.717, 1.165) is 11.3 Å². The zero-order chi connectivity index (χ0) is 9.30. The molecule has 1 rings (SSSR count). The Morgan fingerprint density at radius 2 is 1.75 bits per heavy atom. The fourth-order valence-electron chi connectivity index (χ4n) is 1.07. The molecule has 0 spiro atoms. The Labute approximate surface area is 70.4 Å². The smallest absolute Gasteiger partial charge is 0.258 e. The summed E-state index contributed by atoms with van der Waals surface area (Å²) in [6.45, 7) is 5.21. The first-order valence-corrected chi connectivity index (χ1v) is 3.75. The Kier molecular flexibility index (Phi) is 2.40. The minimum atomic E-state index is -2.42. The van der Waals surface area contributed by atoms with Crippen LogP contribution in [0.15, 0.2) is 6.07 Å². The summed E-state index contributed by atoms with van der Waals surface area (Å²) in [5.74, 6) is 0. The van der Waals surface area contributed by atoms with Gasteiger partial charge >= 0.3 is 0 Å². The van der Waals surface area contributed by atoms with Crippen molar-refractivity contribution in [1.29, 1.82) is 0 Å². The summed E-state index contributed by atoms with van der Waals surface area (Å²) in [6, 6.07) is 1.50. The Balaban J connectivity index is 3.23. The highest BCUT2D eigenvalue weighted by molar-refractivity contribution is 5.29. The molecule has 0 aliphatic rings. The van der Waals surface area contributed by atoms with E-state index in [2.05, 4.69) is 4.98 Å². The average molecular weight is 171 g/mol. The predicted molar refractivity (Wildman–Crippen MR) is 43.4 cm³/mol. The van der Waals surface area contributed by atoms with Gasteiger partial charge in [-0.15, -0.1) is 0 Å². The lowest BCUT2D eigenvalue weighted by molar-refractivity contribution is 0.150. The first kappa shape index (κ1) is 9.10. The van der Waals surface area contributed by atoms with E-state index in [4.69, 9.17) is 0 Å². The number of rotatable bonds is 1. The third-order valence-corrected chi connectivity index (χ3v) is 1.93. The Morgan fingerprint density at radius 1 is 1.17 bits per heavy atom. The summed E-state index contributed by atoms with van der Waals surface area (Å²) in [7, 11) is 0. The number of nitrogens with zero attached hydrogens (tertiary/aromatic N) is 1. The molecule has 12 heavy (non-hydrogen) atoms. The molecule has 0 amide bonds. The Morgan fingerprint density at radius 3 is 2.25 bits per heavy atom. The van der Waals surface area contributed by atoms with Crippen LogP contribution in [0.4, 0.5) is 8.78 Å². The zero-order valence-electron chi connectivity index (χ0n) is 7.36. The second-order valence-electron chi connectivity index (χ2n) is 2.87. The van der Waals surface area contributed by atoms with E-state index < -0.39 is 6.43 Å². The molecule has 1 aromatic rings. The lowest BCUT2D eigenvalue weighted by atomic mass is 10.1. The van der Waals surface area contributed by atoms with Crippen molar-refractivity contribution in [3.63, 3.8) is 0 Å². The van der Waals surface area contributed by atoms with Crippen molar-refractivity contribution in [3.05, 3.63) is 28.6 Å². The van der Waals surface area contributed by atoms with Crippen molar-refractivity contribution in [2.45, 2.75) is 27.2 Å². The van der Waals surface area contributed by atoms with Gasteiger partial charge in [-0.05, 0) is 32.4 Å². The van der Waals surface area contributed by atoms with E-state index >= 15 is 0 Å². The van der Waals surface area contributed by atoms with Gasteiger partial charge in [-0.1, -0.05) is 0 Å². The van der Waals surface area contributed by atoms with Gasteiger partial charge in [0.15, 0.2) is 0 Å². The molecular formula is C9H11F2N. The summed E-state index contributed by atoms with van der Waals surface area (Å²) < 4.78 is 24.6. The topological polar surface area (TPSA) is 12.9 Å². The largest absolute Gasteiger partial charge is 0.265 e. The molecule has 66 valence electrons. The first-order valence-electron chi connectivity index (χ1n) is 3.75. The number of aromatic nitrogens is 1. The number of hydrogen-bond donors (Lipinski definition) is 0. The summed E-state index contributed by atoms with van der Waals surface area (Å²) >= 11 is 0. The molecular weight excluding hydrogens is 160 g/mol. The second kappa shape index (κ2) is 3.17. The summed E-state index contributed by atoms with van der Waals surface area (Å²) in [6.07, 6.45) is -2.42. The van der Waals surface area contributed by atoms with Crippen LogP contribution in [0.3, 0.4) is 0 Å². The lowest BCUT2D eigenvalue weighted by Gasteiger charge is -2.07. The quantitative estimate of drug-likeness (QED) is 0.633. The summed E-state index contributed by atoms with van der Waals surface area (Å²) in [4.78, 5) is 4.01. The molecule has 0 bridgehead atoms. The molecule has 0 atom stereocenters. The molecule has 0 aliphatic heterocycles. The third-order valence-electron chi connectivity index (χ3n) is 1.93. The van der Waals surface area contributed by atoms with Gasteiger partial charge in [0.25, 0.3) is 6.43 Å². The van der Waals surface area contributed by atoms with Gasteiger partial charge in [-0.25, -0.2) is 8.78 Å². The maximum atomic E-state index is 12.3. The van der Waals surface area contributed by atoms with Gasteiger partial charge < -0.3 is 0 Å². The van der Waals surface area contributed by atoms with Crippen molar-refractivity contribution in [3.8, 4) is 0 Å². The SMILES string of the molecule is Cc1cc(C(F)F)c(C)nc1C. The Bertz CT molecular complexity index is 295. The van der Waals surface area contributed by atoms with Crippen LogP contribution < -0.4 is 0 Å². The number of alkyl halides is 2. The van der Waals surface area contributed by atoms with Crippen LogP contribution in [0.1, 0.15) is 28.9 Å². The number of hydrogen-bond acceptors (Lipinski definition) is 1. The van der Waals surface area contributed by atoms with Crippen LogP contribution >= 0.6 is 0 Å². The molecule has 0 aromatic carbocycles. The number of pyridine rings is 1. The van der Waals surface area contributed by atoms with Crippen LogP contribution in [0.5, 0.6) is 0 Å². The fourth-order valence-corrected chi connectivity index (χ4v) is 1.07. The molecule has 1 heterocycles. The van der Waals surface area contributed by atoms with Crippen LogP contribution in [0.2, 0.25) is 0 Å². The van der Waals surface area contributed by atoms with Crippen molar-refractivity contribution < 1.29 is 8.78 Å². The molecule has 0 fully saturated rings. The van der Waals surface area contributed by atoms with Gasteiger partial charge in [0, 0.05) is 17.0 Å². The number of halogens is 2. The lowest BCUT2D eigenvalue weighted by Crippen LogP contribution is -1.97. The van der Waals surface area contributed by atoms with Crippen LogP contribution in [0, 0.1) is 20.8 Å². The van der Waals surface area contributed by atoms with E-state index in [-0.39, 0.29) is 5.56 Å². The molecule has 0 unspecified atom stereocenters. The van der Waals surface area contributed by atoms with Crippen LogP contribution in [-0.4, -0.2) is 4.98 Å². The van der Waals surface area contributed by atoms with Crippen LogP contribution in [-0.2, 0) is 0 Å². The van der Waals surface area contributed by atoms with Crippen molar-refractivity contribution >= 4 is 0 Å². The minimum Gasteiger partial charge on any atom is -0.258 e.